The zero-order valence-electron chi connectivity index (χ0n) is 11.0. The van der Waals surface area contributed by atoms with Gasteiger partial charge in [-0.1, -0.05) is 20.8 Å². The maximum Gasteiger partial charge on any atom is 0.155 e. The first-order chi connectivity index (χ1) is 8.97. The summed E-state index contributed by atoms with van der Waals surface area (Å²) in [6, 6.07) is 6.16. The van der Waals surface area contributed by atoms with Crippen LogP contribution in [0, 0.1) is 3.70 Å². The molecule has 0 bridgehead atoms. The van der Waals surface area contributed by atoms with Gasteiger partial charge in [-0.2, -0.15) is 16.4 Å². The van der Waals surface area contributed by atoms with Gasteiger partial charge in [-0.15, -0.1) is 0 Å². The first kappa shape index (κ1) is 13.1. The molecule has 0 fully saturated rings. The predicted molar refractivity (Wildman–Crippen MR) is 87.7 cm³/mol. The molecular weight excluding hydrogens is 369 g/mol. The number of nitrogens with zero attached hydrogens (tertiary/aromatic N) is 3. The highest BCUT2D eigenvalue weighted by molar-refractivity contribution is 14.1. The maximum atomic E-state index is 4.70. The fourth-order valence-electron chi connectivity index (χ4n) is 1.95. The number of thiophene rings is 1. The number of hydrogen-bond acceptors (Lipinski definition) is 3. The Morgan fingerprint density at radius 2 is 2.00 bits per heavy atom. The van der Waals surface area contributed by atoms with Crippen LogP contribution in [0.15, 0.2) is 29.0 Å². The van der Waals surface area contributed by atoms with Crippen molar-refractivity contribution >= 4 is 39.6 Å². The molecular formula is C14H14IN3S. The van der Waals surface area contributed by atoms with Crippen LogP contribution in [-0.4, -0.2) is 14.6 Å². The van der Waals surface area contributed by atoms with Crippen molar-refractivity contribution in [1.82, 2.24) is 14.6 Å². The zero-order valence-corrected chi connectivity index (χ0v) is 14.0. The molecule has 0 aromatic carbocycles. The zero-order chi connectivity index (χ0) is 13.6. The Morgan fingerprint density at radius 1 is 1.21 bits per heavy atom. The van der Waals surface area contributed by atoms with Crippen LogP contribution in [0.25, 0.3) is 16.9 Å². The lowest BCUT2D eigenvalue weighted by Crippen LogP contribution is -2.13. The predicted octanol–water partition coefficient (Wildman–Crippen LogP) is 4.36. The molecule has 0 saturated carbocycles. The van der Waals surface area contributed by atoms with Gasteiger partial charge in [0.1, 0.15) is 3.70 Å². The van der Waals surface area contributed by atoms with Crippen molar-refractivity contribution in [3.05, 3.63) is 38.4 Å². The third kappa shape index (κ3) is 2.29. The quantitative estimate of drug-likeness (QED) is 0.585. The van der Waals surface area contributed by atoms with E-state index in [0.717, 1.165) is 26.3 Å². The molecule has 0 aliphatic heterocycles. The minimum Gasteiger partial charge on any atom is -0.230 e. The lowest BCUT2D eigenvalue weighted by Gasteiger charge is -2.15. The average Bonchev–Trinajstić information content (AvgIpc) is 2.96. The smallest absolute Gasteiger partial charge is 0.155 e. The van der Waals surface area contributed by atoms with Crippen LogP contribution in [0.4, 0.5) is 0 Å². The summed E-state index contributed by atoms with van der Waals surface area (Å²) in [4.78, 5) is 4.70. The average molecular weight is 383 g/mol. The molecule has 0 atom stereocenters. The summed E-state index contributed by atoms with van der Waals surface area (Å²) < 4.78 is 3.03. The van der Waals surface area contributed by atoms with Gasteiger partial charge in [0.25, 0.3) is 0 Å². The lowest BCUT2D eigenvalue weighted by molar-refractivity contribution is 0.568. The minimum absolute atomic E-state index is 0.0345. The van der Waals surface area contributed by atoms with E-state index in [-0.39, 0.29) is 5.41 Å². The van der Waals surface area contributed by atoms with Crippen molar-refractivity contribution < 1.29 is 0 Å². The summed E-state index contributed by atoms with van der Waals surface area (Å²) in [7, 11) is 0. The Balaban J connectivity index is 2.21. The second kappa shape index (κ2) is 4.56. The van der Waals surface area contributed by atoms with E-state index in [1.54, 1.807) is 11.3 Å². The van der Waals surface area contributed by atoms with Crippen LogP contribution >= 0.6 is 33.9 Å². The van der Waals surface area contributed by atoms with Gasteiger partial charge in [-0.05, 0) is 46.2 Å². The van der Waals surface area contributed by atoms with Gasteiger partial charge in [-0.25, -0.2) is 9.50 Å². The number of imidazole rings is 1. The summed E-state index contributed by atoms with van der Waals surface area (Å²) in [5.74, 6) is 0. The van der Waals surface area contributed by atoms with Crippen LogP contribution in [0.3, 0.4) is 0 Å². The Labute approximate surface area is 129 Å². The van der Waals surface area contributed by atoms with Crippen LogP contribution in [-0.2, 0) is 5.41 Å². The fourth-order valence-corrected chi connectivity index (χ4v) is 3.88. The number of hydrogen-bond donors (Lipinski definition) is 0. The molecule has 5 heteroatoms. The summed E-state index contributed by atoms with van der Waals surface area (Å²) in [6.45, 7) is 6.53. The SMILES string of the molecule is CC(C)(C)c1nc2ccc(-c3ccsc3)nn2c1I. The monoisotopic (exact) mass is 383 g/mol. The fraction of sp³-hybridized carbons (Fsp3) is 0.286. The van der Waals surface area contributed by atoms with Crippen LogP contribution in [0.5, 0.6) is 0 Å². The Kier molecular flexibility index (Phi) is 3.13. The lowest BCUT2D eigenvalue weighted by atomic mass is 9.93. The number of halogens is 1. The van der Waals surface area contributed by atoms with Crippen molar-refractivity contribution in [2.75, 3.05) is 0 Å². The molecule has 0 N–H and O–H groups in total. The topological polar surface area (TPSA) is 30.2 Å². The van der Waals surface area contributed by atoms with Crippen molar-refractivity contribution in [3.63, 3.8) is 0 Å². The van der Waals surface area contributed by atoms with E-state index in [1.807, 2.05) is 16.6 Å². The second-order valence-corrected chi connectivity index (χ2v) is 7.30. The molecule has 0 unspecified atom stereocenters. The molecule has 3 rings (SSSR count). The molecule has 3 aromatic rings. The highest BCUT2D eigenvalue weighted by Gasteiger charge is 2.23. The maximum absolute atomic E-state index is 4.70. The van der Waals surface area contributed by atoms with Gasteiger partial charge in [0.2, 0.25) is 0 Å². The Hall–Kier alpha value is -0.950. The van der Waals surface area contributed by atoms with Crippen LogP contribution in [0.2, 0.25) is 0 Å². The van der Waals surface area contributed by atoms with Crippen LogP contribution in [0.1, 0.15) is 26.5 Å². The van der Waals surface area contributed by atoms with E-state index in [2.05, 4.69) is 60.2 Å². The van der Waals surface area contributed by atoms with Gasteiger partial charge in [0.05, 0.1) is 11.4 Å². The highest BCUT2D eigenvalue weighted by Crippen LogP contribution is 2.28. The molecule has 98 valence electrons. The van der Waals surface area contributed by atoms with E-state index < -0.39 is 0 Å². The molecule has 3 aromatic heterocycles. The number of aromatic nitrogens is 3. The number of rotatable bonds is 1. The summed E-state index contributed by atoms with van der Waals surface area (Å²) in [6.07, 6.45) is 0. The van der Waals surface area contributed by atoms with Gasteiger partial charge in [0, 0.05) is 16.4 Å². The summed E-state index contributed by atoms with van der Waals surface area (Å²) in [5.41, 5.74) is 4.20. The van der Waals surface area contributed by atoms with Gasteiger partial charge in [0.15, 0.2) is 5.65 Å². The van der Waals surface area contributed by atoms with Gasteiger partial charge < -0.3 is 0 Å². The molecule has 0 saturated heterocycles. The molecule has 19 heavy (non-hydrogen) atoms. The van der Waals surface area contributed by atoms with Gasteiger partial charge in [-0.3, -0.25) is 0 Å². The Bertz CT molecular complexity index is 723. The highest BCUT2D eigenvalue weighted by atomic mass is 127. The molecule has 0 radical (unpaired) electrons. The van der Waals surface area contributed by atoms with E-state index in [1.165, 1.54) is 0 Å². The third-order valence-electron chi connectivity index (χ3n) is 2.95. The minimum atomic E-state index is 0.0345. The van der Waals surface area contributed by atoms with E-state index in [0.29, 0.717) is 0 Å². The first-order valence-corrected chi connectivity index (χ1v) is 8.07. The first-order valence-electron chi connectivity index (χ1n) is 6.05. The standard InChI is InChI=1S/C14H14IN3S/c1-14(2,3)12-13(15)18-11(16-12)5-4-10(17-18)9-6-7-19-8-9/h4-8H,1-3H3. The molecule has 0 amide bonds. The largest absolute Gasteiger partial charge is 0.230 e. The third-order valence-corrected chi connectivity index (χ3v) is 4.60. The van der Waals surface area contributed by atoms with Gasteiger partial charge >= 0.3 is 0 Å². The molecule has 3 nitrogen and oxygen atoms in total. The summed E-state index contributed by atoms with van der Waals surface area (Å²) >= 11 is 4.02. The van der Waals surface area contributed by atoms with Crippen LogP contribution < -0.4 is 0 Å². The molecule has 0 aliphatic carbocycles. The van der Waals surface area contributed by atoms with E-state index in [4.69, 9.17) is 10.1 Å². The normalized spacial score (nSPS) is 12.2. The number of fused-ring (bicyclic) bond motifs is 1. The van der Waals surface area contributed by atoms with Crippen molar-refractivity contribution in [2.45, 2.75) is 26.2 Å². The van der Waals surface area contributed by atoms with Crippen molar-refractivity contribution in [2.24, 2.45) is 0 Å². The summed E-state index contributed by atoms with van der Waals surface area (Å²) in [5, 5.41) is 8.89. The van der Waals surface area contributed by atoms with E-state index >= 15 is 0 Å². The van der Waals surface area contributed by atoms with Crippen molar-refractivity contribution in [3.8, 4) is 11.3 Å². The van der Waals surface area contributed by atoms with E-state index in [9.17, 15) is 0 Å². The molecule has 0 aliphatic rings. The molecule has 3 heterocycles. The van der Waals surface area contributed by atoms with Crippen molar-refractivity contribution in [1.29, 1.82) is 0 Å². The molecule has 0 spiro atoms. The second-order valence-electron chi connectivity index (χ2n) is 5.50. The Morgan fingerprint density at radius 3 is 2.63 bits per heavy atom.